The minimum Gasteiger partial charge on any atom is -0.469 e. The van der Waals surface area contributed by atoms with Crippen molar-refractivity contribution < 1.29 is 4.42 Å². The summed E-state index contributed by atoms with van der Waals surface area (Å²) in [4.78, 5) is 0. The molecule has 2 aromatic rings. The van der Waals surface area contributed by atoms with Crippen molar-refractivity contribution in [1.29, 1.82) is 0 Å². The average molecular weight is 278 g/mol. The van der Waals surface area contributed by atoms with Crippen LogP contribution in [0.1, 0.15) is 43.2 Å². The summed E-state index contributed by atoms with van der Waals surface area (Å²) in [6.07, 6.45) is 3.73. The zero-order valence-corrected chi connectivity index (χ0v) is 12.2. The minimum atomic E-state index is 0.0994. The van der Waals surface area contributed by atoms with Gasteiger partial charge in [0.15, 0.2) is 0 Å². The molecule has 1 unspecified atom stereocenters. The van der Waals surface area contributed by atoms with Gasteiger partial charge >= 0.3 is 0 Å². The van der Waals surface area contributed by atoms with Crippen molar-refractivity contribution in [2.75, 3.05) is 6.54 Å². The van der Waals surface area contributed by atoms with Gasteiger partial charge < -0.3 is 9.73 Å². The van der Waals surface area contributed by atoms with Gasteiger partial charge in [-0.2, -0.15) is 0 Å². The smallest absolute Gasteiger partial charge is 0.108 e. The third-order valence-electron chi connectivity index (χ3n) is 3.23. The van der Waals surface area contributed by atoms with Gasteiger partial charge in [0.2, 0.25) is 0 Å². The molecule has 19 heavy (non-hydrogen) atoms. The van der Waals surface area contributed by atoms with Crippen LogP contribution < -0.4 is 5.32 Å². The second-order valence-electron chi connectivity index (χ2n) is 4.56. The summed E-state index contributed by atoms with van der Waals surface area (Å²) in [6, 6.07) is 10.1. The van der Waals surface area contributed by atoms with E-state index in [1.807, 2.05) is 24.3 Å². The summed E-state index contributed by atoms with van der Waals surface area (Å²) >= 11 is 6.34. The molecule has 1 atom stereocenters. The zero-order chi connectivity index (χ0) is 13.7. The molecule has 1 aromatic carbocycles. The van der Waals surface area contributed by atoms with Crippen molar-refractivity contribution in [2.24, 2.45) is 0 Å². The molecular formula is C16H20ClNO. The highest BCUT2D eigenvalue weighted by molar-refractivity contribution is 6.31. The standard InChI is InChI=1S/C16H20ClNO/c1-3-10-18-16(12-7-5-6-8-14(12)17)13-9-11-19-15(13)4-2/h5-9,11,16,18H,3-4,10H2,1-2H3. The van der Waals surface area contributed by atoms with Crippen LogP contribution in [-0.4, -0.2) is 6.54 Å². The molecule has 0 fully saturated rings. The fourth-order valence-corrected chi connectivity index (χ4v) is 2.53. The molecule has 0 aliphatic carbocycles. The third-order valence-corrected chi connectivity index (χ3v) is 3.57. The van der Waals surface area contributed by atoms with Crippen LogP contribution in [0.4, 0.5) is 0 Å². The summed E-state index contributed by atoms with van der Waals surface area (Å²) in [6.45, 7) is 5.21. The van der Waals surface area contributed by atoms with Gasteiger partial charge in [-0.05, 0) is 30.7 Å². The molecule has 3 heteroatoms. The van der Waals surface area contributed by atoms with E-state index >= 15 is 0 Å². The topological polar surface area (TPSA) is 25.2 Å². The Hall–Kier alpha value is -1.25. The van der Waals surface area contributed by atoms with Gasteiger partial charge in [0.1, 0.15) is 5.76 Å². The van der Waals surface area contributed by atoms with Crippen molar-refractivity contribution in [3.8, 4) is 0 Å². The lowest BCUT2D eigenvalue weighted by atomic mass is 9.98. The van der Waals surface area contributed by atoms with Crippen LogP contribution in [0.25, 0.3) is 0 Å². The molecule has 1 N–H and O–H groups in total. The van der Waals surface area contributed by atoms with Crippen LogP contribution in [-0.2, 0) is 6.42 Å². The lowest BCUT2D eigenvalue weighted by Gasteiger charge is -2.20. The largest absolute Gasteiger partial charge is 0.469 e. The highest BCUT2D eigenvalue weighted by Crippen LogP contribution is 2.31. The zero-order valence-electron chi connectivity index (χ0n) is 11.4. The number of hydrogen-bond donors (Lipinski definition) is 1. The Morgan fingerprint density at radius 3 is 2.63 bits per heavy atom. The molecule has 0 spiro atoms. The monoisotopic (exact) mass is 277 g/mol. The lowest BCUT2D eigenvalue weighted by Crippen LogP contribution is -2.24. The molecule has 0 saturated heterocycles. The Morgan fingerprint density at radius 2 is 1.95 bits per heavy atom. The molecule has 1 aromatic heterocycles. The summed E-state index contributed by atoms with van der Waals surface area (Å²) in [5.74, 6) is 1.02. The summed E-state index contributed by atoms with van der Waals surface area (Å²) in [5.41, 5.74) is 2.29. The molecule has 0 amide bonds. The van der Waals surface area contributed by atoms with Crippen LogP contribution in [0, 0.1) is 0 Å². The van der Waals surface area contributed by atoms with Gasteiger partial charge in [0.05, 0.1) is 12.3 Å². The van der Waals surface area contributed by atoms with Crippen LogP contribution in [0.5, 0.6) is 0 Å². The quantitative estimate of drug-likeness (QED) is 0.836. The molecule has 0 saturated carbocycles. The fraction of sp³-hybridized carbons (Fsp3) is 0.375. The Bertz CT molecular complexity index is 521. The van der Waals surface area contributed by atoms with Crippen LogP contribution in [0.3, 0.4) is 0 Å². The molecule has 0 radical (unpaired) electrons. The molecule has 2 nitrogen and oxygen atoms in total. The van der Waals surface area contributed by atoms with Crippen molar-refractivity contribution >= 4 is 11.6 Å². The van der Waals surface area contributed by atoms with E-state index in [2.05, 4.69) is 25.2 Å². The first-order chi connectivity index (χ1) is 9.27. The minimum absolute atomic E-state index is 0.0994. The van der Waals surface area contributed by atoms with E-state index in [9.17, 15) is 0 Å². The van der Waals surface area contributed by atoms with Crippen molar-refractivity contribution in [3.05, 3.63) is 58.5 Å². The highest BCUT2D eigenvalue weighted by Gasteiger charge is 2.20. The first-order valence-electron chi connectivity index (χ1n) is 6.82. The fourth-order valence-electron chi connectivity index (χ4n) is 2.28. The first-order valence-corrected chi connectivity index (χ1v) is 7.19. The van der Waals surface area contributed by atoms with E-state index in [-0.39, 0.29) is 6.04 Å². The molecule has 0 bridgehead atoms. The third kappa shape index (κ3) is 3.20. The van der Waals surface area contributed by atoms with Gasteiger partial charge in [0, 0.05) is 17.0 Å². The predicted octanol–water partition coefficient (Wildman–Crippen LogP) is 4.58. The van der Waals surface area contributed by atoms with Crippen molar-refractivity contribution in [2.45, 2.75) is 32.7 Å². The normalized spacial score (nSPS) is 12.6. The number of furan rings is 1. The SMILES string of the molecule is CCCNC(c1ccccc1Cl)c1ccoc1CC. The van der Waals surface area contributed by atoms with E-state index in [1.54, 1.807) is 6.26 Å². The van der Waals surface area contributed by atoms with E-state index in [0.717, 1.165) is 35.7 Å². The first kappa shape index (κ1) is 14.2. The number of halogens is 1. The second-order valence-corrected chi connectivity index (χ2v) is 4.97. The number of benzene rings is 1. The van der Waals surface area contributed by atoms with Crippen LogP contribution in [0.2, 0.25) is 5.02 Å². The van der Waals surface area contributed by atoms with Gasteiger partial charge in [-0.3, -0.25) is 0 Å². The summed E-state index contributed by atoms with van der Waals surface area (Å²) in [7, 11) is 0. The van der Waals surface area contributed by atoms with Gasteiger partial charge in [0.25, 0.3) is 0 Å². The lowest BCUT2D eigenvalue weighted by molar-refractivity contribution is 0.500. The average Bonchev–Trinajstić information content (AvgIpc) is 2.89. The number of aryl methyl sites for hydroxylation is 1. The summed E-state index contributed by atoms with van der Waals surface area (Å²) in [5, 5.41) is 4.35. The maximum atomic E-state index is 6.34. The molecular weight excluding hydrogens is 258 g/mol. The van der Waals surface area contributed by atoms with E-state index in [0.29, 0.717) is 0 Å². The highest BCUT2D eigenvalue weighted by atomic mass is 35.5. The molecule has 2 rings (SSSR count). The number of hydrogen-bond acceptors (Lipinski definition) is 2. The van der Waals surface area contributed by atoms with Crippen LogP contribution in [0.15, 0.2) is 41.0 Å². The number of nitrogens with one attached hydrogen (secondary N) is 1. The maximum Gasteiger partial charge on any atom is 0.108 e. The van der Waals surface area contributed by atoms with Crippen LogP contribution >= 0.6 is 11.6 Å². The molecule has 0 aliphatic heterocycles. The van der Waals surface area contributed by atoms with Crippen molar-refractivity contribution in [3.63, 3.8) is 0 Å². The molecule has 102 valence electrons. The summed E-state index contributed by atoms with van der Waals surface area (Å²) < 4.78 is 5.55. The Kier molecular flexibility index (Phi) is 5.06. The Morgan fingerprint density at radius 1 is 1.16 bits per heavy atom. The Balaban J connectivity index is 2.39. The predicted molar refractivity (Wildman–Crippen MR) is 79.7 cm³/mol. The maximum absolute atomic E-state index is 6.34. The van der Waals surface area contributed by atoms with Crippen molar-refractivity contribution in [1.82, 2.24) is 5.32 Å². The van der Waals surface area contributed by atoms with E-state index < -0.39 is 0 Å². The van der Waals surface area contributed by atoms with Gasteiger partial charge in [-0.15, -0.1) is 0 Å². The number of rotatable bonds is 6. The molecule has 0 aliphatic rings. The van der Waals surface area contributed by atoms with Gasteiger partial charge in [-0.1, -0.05) is 43.6 Å². The second kappa shape index (κ2) is 6.78. The van der Waals surface area contributed by atoms with Gasteiger partial charge in [-0.25, -0.2) is 0 Å². The Labute approximate surface area is 119 Å². The van der Waals surface area contributed by atoms with E-state index in [1.165, 1.54) is 5.56 Å². The molecule has 1 heterocycles. The van der Waals surface area contributed by atoms with E-state index in [4.69, 9.17) is 16.0 Å².